The lowest BCUT2D eigenvalue weighted by Gasteiger charge is -2.21. The number of nitrogens with one attached hydrogen (secondary N) is 2. The lowest BCUT2D eigenvalue weighted by molar-refractivity contribution is 0.258. The summed E-state index contributed by atoms with van der Waals surface area (Å²) < 4.78 is 24.8. The zero-order valence-corrected chi connectivity index (χ0v) is 17.9. The van der Waals surface area contributed by atoms with Gasteiger partial charge in [0.2, 0.25) is 0 Å². The summed E-state index contributed by atoms with van der Waals surface area (Å²) in [6, 6.07) is 19.8. The number of benzene rings is 2. The normalized spacial score (nSPS) is 20.6. The highest BCUT2D eigenvalue weighted by atomic mass is 32.2. The van der Waals surface area contributed by atoms with E-state index in [1.54, 1.807) is 31.3 Å². The number of aliphatic imine (C=N–C) groups is 1. The van der Waals surface area contributed by atoms with Gasteiger partial charge in [0.15, 0.2) is 15.8 Å². The quantitative estimate of drug-likeness (QED) is 0.537. The van der Waals surface area contributed by atoms with Gasteiger partial charge in [0.05, 0.1) is 10.6 Å². The van der Waals surface area contributed by atoms with Crippen molar-refractivity contribution in [3.8, 4) is 0 Å². The van der Waals surface area contributed by atoms with E-state index in [0.29, 0.717) is 23.4 Å². The molecule has 0 spiro atoms. The summed E-state index contributed by atoms with van der Waals surface area (Å²) in [5.41, 5.74) is 1.31. The summed E-state index contributed by atoms with van der Waals surface area (Å²) in [4.78, 5) is 7.07. The van der Waals surface area contributed by atoms with Crippen LogP contribution in [0.3, 0.4) is 0 Å². The average molecular weight is 415 g/mol. The molecule has 0 saturated carbocycles. The Kier molecular flexibility index (Phi) is 7.28. The van der Waals surface area contributed by atoms with Crippen molar-refractivity contribution in [3.05, 3.63) is 66.2 Å². The van der Waals surface area contributed by atoms with Crippen LogP contribution in [0.15, 0.2) is 70.6 Å². The minimum Gasteiger partial charge on any atom is -0.355 e. The van der Waals surface area contributed by atoms with Crippen LogP contribution < -0.4 is 10.6 Å². The largest absolute Gasteiger partial charge is 0.355 e. The molecule has 2 aromatic carbocycles. The highest BCUT2D eigenvalue weighted by Crippen LogP contribution is 2.20. The standard InChI is InChI=1S/C22H30N4O2S/c1-18-15-20(17-26(18)16-19-9-5-3-6-10-19)25-22(23-2)24-13-14-29(27,28)21-11-7-4-8-12-21/h3-12,18,20H,13-17H2,1-2H3,(H2,23,24,25). The van der Waals surface area contributed by atoms with Gasteiger partial charge >= 0.3 is 0 Å². The molecule has 156 valence electrons. The lowest BCUT2D eigenvalue weighted by Crippen LogP contribution is -2.45. The Morgan fingerprint density at radius 2 is 1.76 bits per heavy atom. The van der Waals surface area contributed by atoms with E-state index in [1.807, 2.05) is 12.1 Å². The third-order valence-corrected chi connectivity index (χ3v) is 6.99. The molecule has 0 amide bonds. The number of hydrogen-bond donors (Lipinski definition) is 2. The van der Waals surface area contributed by atoms with Crippen molar-refractivity contribution >= 4 is 15.8 Å². The molecule has 0 radical (unpaired) electrons. The molecule has 3 rings (SSSR count). The van der Waals surface area contributed by atoms with Gasteiger partial charge in [-0.05, 0) is 31.0 Å². The maximum Gasteiger partial charge on any atom is 0.191 e. The van der Waals surface area contributed by atoms with Crippen molar-refractivity contribution in [1.29, 1.82) is 0 Å². The molecule has 1 saturated heterocycles. The molecule has 1 aliphatic heterocycles. The van der Waals surface area contributed by atoms with Crippen molar-refractivity contribution < 1.29 is 8.42 Å². The van der Waals surface area contributed by atoms with Crippen molar-refractivity contribution in [3.63, 3.8) is 0 Å². The monoisotopic (exact) mass is 414 g/mol. The summed E-state index contributed by atoms with van der Waals surface area (Å²) in [5.74, 6) is 0.672. The molecule has 2 unspecified atom stereocenters. The summed E-state index contributed by atoms with van der Waals surface area (Å²) in [7, 11) is -1.59. The van der Waals surface area contributed by atoms with Gasteiger partial charge in [-0.25, -0.2) is 8.42 Å². The topological polar surface area (TPSA) is 73.8 Å². The summed E-state index contributed by atoms with van der Waals surface area (Å²) in [5, 5.41) is 6.58. The van der Waals surface area contributed by atoms with Gasteiger partial charge in [0.1, 0.15) is 0 Å². The average Bonchev–Trinajstić information content (AvgIpc) is 3.07. The molecule has 0 aromatic heterocycles. The predicted octanol–water partition coefficient (Wildman–Crippen LogP) is 2.29. The fraction of sp³-hybridized carbons (Fsp3) is 0.409. The lowest BCUT2D eigenvalue weighted by atomic mass is 10.2. The third kappa shape index (κ3) is 6.05. The van der Waals surface area contributed by atoms with Gasteiger partial charge in [-0.1, -0.05) is 48.5 Å². The van der Waals surface area contributed by atoms with E-state index in [0.717, 1.165) is 19.5 Å². The Bertz CT molecular complexity index is 901. The maximum atomic E-state index is 12.4. The second-order valence-corrected chi connectivity index (χ2v) is 9.58. The zero-order valence-electron chi connectivity index (χ0n) is 17.1. The van der Waals surface area contributed by atoms with Gasteiger partial charge in [-0.3, -0.25) is 9.89 Å². The van der Waals surface area contributed by atoms with Crippen LogP contribution in [-0.2, 0) is 16.4 Å². The van der Waals surface area contributed by atoms with E-state index < -0.39 is 9.84 Å². The first-order valence-electron chi connectivity index (χ1n) is 10.0. The van der Waals surface area contributed by atoms with E-state index in [4.69, 9.17) is 0 Å². The first-order chi connectivity index (χ1) is 14.0. The number of likely N-dealkylation sites (tertiary alicyclic amines) is 1. The first kappa shape index (κ1) is 21.3. The summed E-state index contributed by atoms with van der Waals surface area (Å²) >= 11 is 0. The minimum absolute atomic E-state index is 0.0267. The van der Waals surface area contributed by atoms with Crippen LogP contribution in [0.4, 0.5) is 0 Å². The van der Waals surface area contributed by atoms with Crippen LogP contribution in [0.25, 0.3) is 0 Å². The fourth-order valence-corrected chi connectivity index (χ4v) is 4.86. The molecule has 6 nitrogen and oxygen atoms in total. The van der Waals surface area contributed by atoms with E-state index >= 15 is 0 Å². The highest BCUT2D eigenvalue weighted by Gasteiger charge is 2.29. The fourth-order valence-electron chi connectivity index (χ4n) is 3.68. The van der Waals surface area contributed by atoms with Crippen LogP contribution in [0.5, 0.6) is 0 Å². The number of hydrogen-bond acceptors (Lipinski definition) is 4. The van der Waals surface area contributed by atoms with Crippen molar-refractivity contribution in [1.82, 2.24) is 15.5 Å². The SMILES string of the molecule is CN=C(NCCS(=O)(=O)c1ccccc1)NC1CC(C)N(Cc2ccccc2)C1. The third-order valence-electron chi connectivity index (χ3n) is 5.26. The van der Waals surface area contributed by atoms with Crippen molar-refractivity contribution in [2.24, 2.45) is 4.99 Å². The molecule has 1 heterocycles. The Morgan fingerprint density at radius 1 is 1.10 bits per heavy atom. The number of guanidine groups is 1. The van der Waals surface area contributed by atoms with Gasteiger partial charge in [0.25, 0.3) is 0 Å². The molecule has 7 heteroatoms. The molecular formula is C22H30N4O2S. The Balaban J connectivity index is 1.48. The van der Waals surface area contributed by atoms with E-state index in [-0.39, 0.29) is 11.8 Å². The van der Waals surface area contributed by atoms with Gasteiger partial charge in [0, 0.05) is 38.8 Å². The molecule has 0 bridgehead atoms. The van der Waals surface area contributed by atoms with Gasteiger partial charge in [-0.2, -0.15) is 0 Å². The maximum absolute atomic E-state index is 12.4. The molecule has 2 N–H and O–H groups in total. The van der Waals surface area contributed by atoms with Crippen LogP contribution in [-0.4, -0.2) is 57.3 Å². The van der Waals surface area contributed by atoms with Crippen LogP contribution in [0.2, 0.25) is 0 Å². The first-order valence-corrected chi connectivity index (χ1v) is 11.7. The van der Waals surface area contributed by atoms with E-state index in [9.17, 15) is 8.42 Å². The number of rotatable bonds is 7. The van der Waals surface area contributed by atoms with Crippen molar-refractivity contribution in [2.75, 3.05) is 25.9 Å². The van der Waals surface area contributed by atoms with Crippen LogP contribution in [0.1, 0.15) is 18.9 Å². The van der Waals surface area contributed by atoms with E-state index in [1.165, 1.54) is 5.56 Å². The Morgan fingerprint density at radius 3 is 2.41 bits per heavy atom. The highest BCUT2D eigenvalue weighted by molar-refractivity contribution is 7.91. The molecule has 0 aliphatic carbocycles. The molecule has 29 heavy (non-hydrogen) atoms. The smallest absolute Gasteiger partial charge is 0.191 e. The predicted molar refractivity (Wildman–Crippen MR) is 118 cm³/mol. The van der Waals surface area contributed by atoms with Gasteiger partial charge in [-0.15, -0.1) is 0 Å². The second kappa shape index (κ2) is 9.89. The second-order valence-electron chi connectivity index (χ2n) is 7.47. The Labute approximate surface area is 174 Å². The molecule has 2 atom stereocenters. The van der Waals surface area contributed by atoms with Crippen molar-refractivity contribution in [2.45, 2.75) is 36.9 Å². The molecule has 2 aromatic rings. The van der Waals surface area contributed by atoms with Crippen LogP contribution >= 0.6 is 0 Å². The molecule has 1 fully saturated rings. The minimum atomic E-state index is -3.30. The summed E-state index contributed by atoms with van der Waals surface area (Å²) in [6.45, 7) is 4.42. The molecule has 1 aliphatic rings. The van der Waals surface area contributed by atoms with Crippen LogP contribution in [0, 0.1) is 0 Å². The number of nitrogens with zero attached hydrogens (tertiary/aromatic N) is 2. The zero-order chi connectivity index (χ0) is 20.7. The Hall–Kier alpha value is -2.38. The van der Waals surface area contributed by atoms with Gasteiger partial charge < -0.3 is 10.6 Å². The van der Waals surface area contributed by atoms with E-state index in [2.05, 4.69) is 51.7 Å². The summed E-state index contributed by atoms with van der Waals surface area (Å²) in [6.07, 6.45) is 1.02. The number of sulfone groups is 1. The molecular weight excluding hydrogens is 384 g/mol.